The van der Waals surface area contributed by atoms with Crippen LogP contribution in [0.5, 0.6) is 0 Å². The predicted octanol–water partition coefficient (Wildman–Crippen LogP) is 1.01. The molecule has 2 aliphatic rings. The Morgan fingerprint density at radius 3 is 2.40 bits per heavy atom. The summed E-state index contributed by atoms with van der Waals surface area (Å²) in [5.74, 6) is -0.770. The van der Waals surface area contributed by atoms with Crippen LogP contribution >= 0.6 is 0 Å². The number of ether oxygens (including phenoxy) is 1. The maximum Gasteiger partial charge on any atom is 0.321 e. The van der Waals surface area contributed by atoms with E-state index in [-0.39, 0.29) is 12.5 Å². The van der Waals surface area contributed by atoms with Crippen molar-refractivity contribution in [2.24, 2.45) is 10.9 Å². The lowest BCUT2D eigenvalue weighted by Crippen LogP contribution is -2.57. The molecule has 0 bridgehead atoms. The molecular formula is C21H24N6O3. The first-order chi connectivity index (χ1) is 14.7. The Hall–Kier alpha value is -3.49. The van der Waals surface area contributed by atoms with Crippen LogP contribution in [-0.4, -0.2) is 65.5 Å². The number of aromatic nitrogens is 2. The van der Waals surface area contributed by atoms with Gasteiger partial charge < -0.3 is 14.5 Å². The molecule has 30 heavy (non-hydrogen) atoms. The van der Waals surface area contributed by atoms with E-state index in [0.29, 0.717) is 38.1 Å². The predicted molar refractivity (Wildman–Crippen MR) is 111 cm³/mol. The van der Waals surface area contributed by atoms with E-state index in [1.165, 1.54) is 0 Å². The lowest BCUT2D eigenvalue weighted by Gasteiger charge is -2.38. The fourth-order valence-electron chi connectivity index (χ4n) is 3.69. The van der Waals surface area contributed by atoms with Gasteiger partial charge in [-0.25, -0.2) is 15.0 Å². The molecule has 0 radical (unpaired) electrons. The minimum atomic E-state index is -1.00. The summed E-state index contributed by atoms with van der Waals surface area (Å²) in [6, 6.07) is 10.6. The number of piperazine rings is 1. The molecule has 1 amide bonds. The molecule has 1 fully saturated rings. The number of anilines is 1. The van der Waals surface area contributed by atoms with Crippen molar-refractivity contribution in [3.8, 4) is 0 Å². The zero-order valence-electron chi connectivity index (χ0n) is 16.8. The number of benzene rings is 1. The molecule has 0 unspecified atom stereocenters. The van der Waals surface area contributed by atoms with Crippen molar-refractivity contribution in [2.75, 3.05) is 37.7 Å². The van der Waals surface area contributed by atoms with Gasteiger partial charge in [0.25, 0.3) is 0 Å². The fourth-order valence-corrected chi connectivity index (χ4v) is 3.69. The van der Waals surface area contributed by atoms with Crippen molar-refractivity contribution in [1.29, 1.82) is 0 Å². The number of nitrogens with one attached hydrogen (secondary N) is 1. The van der Waals surface area contributed by atoms with E-state index in [2.05, 4.69) is 20.2 Å². The standard InChI is InChI=1S/C21H24N6O3/c1-2-30-19(29)16-17(15-7-4-3-5-8-15)24-21(25-18(16)28)27-13-11-26(12-14-27)20-22-9-6-10-23-20/h3-10,16-17H,2,11-14H2,1H3,(H,24,25,28)/t16-,17+/m1/s1. The molecule has 1 saturated heterocycles. The topological polar surface area (TPSA) is 100 Å². The Bertz CT molecular complexity index is 913. The minimum absolute atomic E-state index is 0.213. The number of carbonyl (C=O) groups excluding carboxylic acids is 2. The SMILES string of the molecule is CCOC(=O)[C@H]1C(=O)NC(N2CCN(c3ncccn3)CC2)=N[C@H]1c1ccccc1. The highest BCUT2D eigenvalue weighted by Gasteiger charge is 2.42. The van der Waals surface area contributed by atoms with Crippen LogP contribution in [0, 0.1) is 5.92 Å². The smallest absolute Gasteiger partial charge is 0.321 e. The van der Waals surface area contributed by atoms with Crippen LogP contribution in [0.3, 0.4) is 0 Å². The Kier molecular flexibility index (Phi) is 5.87. The van der Waals surface area contributed by atoms with Crippen LogP contribution in [0.25, 0.3) is 0 Å². The van der Waals surface area contributed by atoms with Crippen LogP contribution in [0.1, 0.15) is 18.5 Å². The van der Waals surface area contributed by atoms with Gasteiger partial charge in [-0.15, -0.1) is 0 Å². The summed E-state index contributed by atoms with van der Waals surface area (Å²) in [4.78, 5) is 42.8. The monoisotopic (exact) mass is 408 g/mol. The highest BCUT2D eigenvalue weighted by Crippen LogP contribution is 2.31. The van der Waals surface area contributed by atoms with Gasteiger partial charge in [0.15, 0.2) is 5.92 Å². The largest absolute Gasteiger partial charge is 0.465 e. The van der Waals surface area contributed by atoms with E-state index in [0.717, 1.165) is 5.56 Å². The minimum Gasteiger partial charge on any atom is -0.465 e. The van der Waals surface area contributed by atoms with Gasteiger partial charge in [-0.1, -0.05) is 30.3 Å². The maximum absolute atomic E-state index is 12.9. The third kappa shape index (κ3) is 4.10. The van der Waals surface area contributed by atoms with Crippen LogP contribution in [0.4, 0.5) is 5.95 Å². The quantitative estimate of drug-likeness (QED) is 0.595. The number of rotatable bonds is 4. The number of guanidine groups is 1. The van der Waals surface area contributed by atoms with Gasteiger partial charge in [0, 0.05) is 38.6 Å². The summed E-state index contributed by atoms with van der Waals surface area (Å²) in [6.45, 7) is 4.66. The first kappa shape index (κ1) is 19.8. The number of esters is 1. The second-order valence-electron chi connectivity index (χ2n) is 7.05. The van der Waals surface area contributed by atoms with Crippen LogP contribution in [0.15, 0.2) is 53.8 Å². The average Bonchev–Trinajstić information content (AvgIpc) is 2.80. The van der Waals surface area contributed by atoms with Gasteiger partial charge in [-0.3, -0.25) is 14.9 Å². The molecule has 2 aromatic rings. The van der Waals surface area contributed by atoms with E-state index >= 15 is 0 Å². The Morgan fingerprint density at radius 1 is 1.07 bits per heavy atom. The number of aliphatic imine (C=N–C) groups is 1. The van der Waals surface area contributed by atoms with E-state index < -0.39 is 17.9 Å². The van der Waals surface area contributed by atoms with Gasteiger partial charge in [0.1, 0.15) is 6.04 Å². The van der Waals surface area contributed by atoms with E-state index in [9.17, 15) is 9.59 Å². The highest BCUT2D eigenvalue weighted by atomic mass is 16.5. The third-order valence-electron chi connectivity index (χ3n) is 5.19. The van der Waals surface area contributed by atoms with E-state index in [1.54, 1.807) is 25.4 Å². The zero-order chi connectivity index (χ0) is 20.9. The summed E-state index contributed by atoms with van der Waals surface area (Å²) in [7, 11) is 0. The number of hydrogen-bond acceptors (Lipinski definition) is 8. The first-order valence-electron chi connectivity index (χ1n) is 10.0. The zero-order valence-corrected chi connectivity index (χ0v) is 16.8. The van der Waals surface area contributed by atoms with Crippen molar-refractivity contribution in [2.45, 2.75) is 13.0 Å². The summed E-state index contributed by atoms with van der Waals surface area (Å²) in [5.41, 5.74) is 0.805. The molecule has 0 spiro atoms. The molecule has 2 atom stereocenters. The summed E-state index contributed by atoms with van der Waals surface area (Å²) < 4.78 is 5.14. The Labute approximate surface area is 174 Å². The summed E-state index contributed by atoms with van der Waals surface area (Å²) in [6.07, 6.45) is 3.44. The van der Waals surface area contributed by atoms with Crippen molar-refractivity contribution < 1.29 is 14.3 Å². The van der Waals surface area contributed by atoms with Crippen molar-refractivity contribution in [3.63, 3.8) is 0 Å². The molecule has 4 rings (SSSR count). The van der Waals surface area contributed by atoms with Gasteiger partial charge in [0.05, 0.1) is 6.61 Å². The van der Waals surface area contributed by atoms with Crippen LogP contribution in [-0.2, 0) is 14.3 Å². The molecule has 9 nitrogen and oxygen atoms in total. The second kappa shape index (κ2) is 8.89. The number of nitrogens with zero attached hydrogens (tertiary/aromatic N) is 5. The molecule has 1 N–H and O–H groups in total. The molecule has 2 aliphatic heterocycles. The maximum atomic E-state index is 12.9. The van der Waals surface area contributed by atoms with Crippen molar-refractivity contribution in [1.82, 2.24) is 20.2 Å². The average molecular weight is 408 g/mol. The normalized spacial score (nSPS) is 21.6. The molecule has 3 heterocycles. The lowest BCUT2D eigenvalue weighted by atomic mass is 9.91. The summed E-state index contributed by atoms with van der Waals surface area (Å²) >= 11 is 0. The van der Waals surface area contributed by atoms with Gasteiger partial charge in [0.2, 0.25) is 17.8 Å². The highest BCUT2D eigenvalue weighted by molar-refractivity contribution is 6.08. The van der Waals surface area contributed by atoms with Crippen molar-refractivity contribution >= 4 is 23.8 Å². The molecule has 0 aliphatic carbocycles. The van der Waals surface area contributed by atoms with Gasteiger partial charge in [-0.2, -0.15) is 0 Å². The van der Waals surface area contributed by atoms with E-state index in [4.69, 9.17) is 9.73 Å². The third-order valence-corrected chi connectivity index (χ3v) is 5.19. The first-order valence-corrected chi connectivity index (χ1v) is 10.0. The van der Waals surface area contributed by atoms with Crippen LogP contribution < -0.4 is 10.2 Å². The number of carbonyl (C=O) groups is 2. The molecule has 1 aromatic carbocycles. The summed E-state index contributed by atoms with van der Waals surface area (Å²) in [5, 5.41) is 2.82. The number of hydrogen-bond donors (Lipinski definition) is 1. The lowest BCUT2D eigenvalue weighted by molar-refractivity contribution is -0.153. The number of amides is 1. The molecule has 0 saturated carbocycles. The molecule has 156 valence electrons. The molecular weight excluding hydrogens is 384 g/mol. The van der Waals surface area contributed by atoms with Crippen LogP contribution in [0.2, 0.25) is 0 Å². The Morgan fingerprint density at radius 2 is 1.73 bits per heavy atom. The fraction of sp³-hybridized carbons (Fsp3) is 0.381. The van der Waals surface area contributed by atoms with E-state index in [1.807, 2.05) is 35.2 Å². The van der Waals surface area contributed by atoms with Gasteiger partial charge >= 0.3 is 5.97 Å². The Balaban J connectivity index is 1.55. The van der Waals surface area contributed by atoms with Gasteiger partial charge in [-0.05, 0) is 18.6 Å². The second-order valence-corrected chi connectivity index (χ2v) is 7.05. The molecule has 9 heteroatoms. The van der Waals surface area contributed by atoms with Crippen molar-refractivity contribution in [3.05, 3.63) is 54.4 Å². The molecule has 1 aromatic heterocycles.